The van der Waals surface area contributed by atoms with Crippen molar-refractivity contribution in [1.29, 1.82) is 0 Å². The highest BCUT2D eigenvalue weighted by molar-refractivity contribution is 5.72. The monoisotopic (exact) mass is 241 g/mol. The third-order valence-electron chi connectivity index (χ3n) is 2.02. The Kier molecular flexibility index (Phi) is 3.61. The van der Waals surface area contributed by atoms with Crippen LogP contribution in [-0.2, 0) is 9.53 Å². The molecule has 5 nitrogen and oxygen atoms in total. The number of carboxylic acid groups (broad SMARTS) is 1. The zero-order valence-electron chi connectivity index (χ0n) is 8.16. The molecule has 8 heteroatoms. The molecule has 0 aliphatic carbocycles. The van der Waals surface area contributed by atoms with Gasteiger partial charge >= 0.3 is 18.2 Å². The van der Waals surface area contributed by atoms with Gasteiger partial charge in [-0.3, -0.25) is 4.79 Å². The number of carbonyl (C=O) groups excluding carboxylic acids is 1. The van der Waals surface area contributed by atoms with E-state index in [1.807, 2.05) is 0 Å². The summed E-state index contributed by atoms with van der Waals surface area (Å²) in [5, 5.41) is 8.42. The van der Waals surface area contributed by atoms with E-state index in [4.69, 9.17) is 5.11 Å². The van der Waals surface area contributed by atoms with Gasteiger partial charge in [0.05, 0.1) is 19.4 Å². The number of aliphatic carboxylic acids is 1. The molecule has 0 aromatic heterocycles. The Bertz CT molecular complexity index is 291. The summed E-state index contributed by atoms with van der Waals surface area (Å²) in [5.41, 5.74) is 0. The quantitative estimate of drug-likeness (QED) is 0.803. The second-order valence-corrected chi connectivity index (χ2v) is 3.41. The van der Waals surface area contributed by atoms with Crippen LogP contribution in [0.1, 0.15) is 12.8 Å². The van der Waals surface area contributed by atoms with E-state index >= 15 is 0 Å². The first-order chi connectivity index (χ1) is 7.28. The highest BCUT2D eigenvalue weighted by Crippen LogP contribution is 2.22. The summed E-state index contributed by atoms with van der Waals surface area (Å²) in [4.78, 5) is 22.2. The van der Waals surface area contributed by atoms with Gasteiger partial charge in [0.25, 0.3) is 0 Å². The van der Waals surface area contributed by atoms with Crippen molar-refractivity contribution in [2.45, 2.75) is 25.1 Å². The van der Waals surface area contributed by atoms with Crippen LogP contribution in [0.4, 0.5) is 18.0 Å². The number of carbonyl (C=O) groups is 2. The summed E-state index contributed by atoms with van der Waals surface area (Å²) in [6, 6.07) is 0. The van der Waals surface area contributed by atoms with Crippen molar-refractivity contribution in [3.8, 4) is 0 Å². The van der Waals surface area contributed by atoms with Gasteiger partial charge in [0, 0.05) is 6.54 Å². The van der Waals surface area contributed by atoms with Crippen molar-refractivity contribution in [2.75, 3.05) is 13.1 Å². The predicted molar refractivity (Wildman–Crippen MR) is 44.8 cm³/mol. The number of hydrogen-bond donors (Lipinski definition) is 1. The Balaban J connectivity index is 2.40. The summed E-state index contributed by atoms with van der Waals surface area (Å²) in [7, 11) is 0. The van der Waals surface area contributed by atoms with Gasteiger partial charge in [-0.05, 0) is 0 Å². The third kappa shape index (κ3) is 3.95. The van der Waals surface area contributed by atoms with E-state index < -0.39 is 43.7 Å². The maximum atomic E-state index is 11.9. The minimum atomic E-state index is -4.34. The lowest BCUT2D eigenvalue weighted by molar-refractivity contribution is -0.139. The number of cyclic esters (lactones) is 1. The molecular formula is C8H10F3NO4. The van der Waals surface area contributed by atoms with E-state index in [1.54, 1.807) is 0 Å². The van der Waals surface area contributed by atoms with Crippen LogP contribution in [0, 0.1) is 0 Å². The second-order valence-electron chi connectivity index (χ2n) is 3.41. The van der Waals surface area contributed by atoms with Crippen molar-refractivity contribution in [2.24, 2.45) is 0 Å². The van der Waals surface area contributed by atoms with Crippen LogP contribution in [0.15, 0.2) is 0 Å². The molecule has 16 heavy (non-hydrogen) atoms. The molecule has 1 amide bonds. The zero-order valence-corrected chi connectivity index (χ0v) is 8.16. The van der Waals surface area contributed by atoms with E-state index in [2.05, 4.69) is 4.74 Å². The Morgan fingerprint density at radius 1 is 1.56 bits per heavy atom. The number of hydrogen-bond acceptors (Lipinski definition) is 3. The summed E-state index contributed by atoms with van der Waals surface area (Å²) >= 11 is 0. The number of alkyl halides is 3. The van der Waals surface area contributed by atoms with Crippen LogP contribution in [0.25, 0.3) is 0 Å². The maximum absolute atomic E-state index is 11.9. The van der Waals surface area contributed by atoms with Crippen LogP contribution >= 0.6 is 0 Å². The van der Waals surface area contributed by atoms with Crippen LogP contribution in [0.2, 0.25) is 0 Å². The fourth-order valence-electron chi connectivity index (χ4n) is 1.32. The molecule has 1 heterocycles. The number of carboxylic acids is 1. The van der Waals surface area contributed by atoms with Gasteiger partial charge in [-0.2, -0.15) is 13.2 Å². The fourth-order valence-corrected chi connectivity index (χ4v) is 1.32. The van der Waals surface area contributed by atoms with E-state index in [1.165, 1.54) is 0 Å². The average Bonchev–Trinajstić information content (AvgIpc) is 2.40. The first kappa shape index (κ1) is 12.6. The maximum Gasteiger partial charge on any atom is 0.410 e. The van der Waals surface area contributed by atoms with Crippen LogP contribution in [0.3, 0.4) is 0 Å². The molecule has 1 N–H and O–H groups in total. The molecule has 0 spiro atoms. The average molecular weight is 241 g/mol. The van der Waals surface area contributed by atoms with Crippen molar-refractivity contribution in [1.82, 2.24) is 4.90 Å². The summed E-state index contributed by atoms with van der Waals surface area (Å²) in [6.45, 7) is -0.611. The molecule has 1 fully saturated rings. The van der Waals surface area contributed by atoms with E-state index in [9.17, 15) is 22.8 Å². The van der Waals surface area contributed by atoms with Crippen LogP contribution in [-0.4, -0.2) is 47.4 Å². The lowest BCUT2D eigenvalue weighted by Crippen LogP contribution is -2.29. The minimum Gasteiger partial charge on any atom is -0.481 e. The molecule has 0 bridgehead atoms. The van der Waals surface area contributed by atoms with Crippen molar-refractivity contribution in [3.05, 3.63) is 0 Å². The summed E-state index contributed by atoms with van der Waals surface area (Å²) < 4.78 is 40.2. The Labute approximate surface area is 88.8 Å². The number of amides is 1. The Morgan fingerprint density at radius 3 is 2.69 bits per heavy atom. The molecule has 0 aromatic rings. The predicted octanol–water partition coefficient (Wildman–Crippen LogP) is 1.23. The van der Waals surface area contributed by atoms with Gasteiger partial charge in [0.2, 0.25) is 0 Å². The number of ether oxygens (including phenoxy) is 1. The molecule has 0 radical (unpaired) electrons. The van der Waals surface area contributed by atoms with Crippen molar-refractivity contribution < 1.29 is 32.6 Å². The first-order valence-corrected chi connectivity index (χ1v) is 4.52. The third-order valence-corrected chi connectivity index (χ3v) is 2.02. The van der Waals surface area contributed by atoms with Gasteiger partial charge < -0.3 is 14.7 Å². The van der Waals surface area contributed by atoms with Crippen LogP contribution in [0.5, 0.6) is 0 Å². The second kappa shape index (κ2) is 4.58. The Morgan fingerprint density at radius 2 is 2.19 bits per heavy atom. The summed E-state index contributed by atoms with van der Waals surface area (Å²) in [6.07, 6.45) is -7.62. The van der Waals surface area contributed by atoms with E-state index in [-0.39, 0.29) is 6.54 Å². The SMILES string of the molecule is O=C(O)CC1CN(CCC(F)(F)F)C(=O)O1. The molecular weight excluding hydrogens is 231 g/mol. The summed E-state index contributed by atoms with van der Waals surface area (Å²) in [5.74, 6) is -1.16. The number of nitrogens with zero attached hydrogens (tertiary/aromatic N) is 1. The van der Waals surface area contributed by atoms with Gasteiger partial charge in [0.1, 0.15) is 6.10 Å². The molecule has 1 aliphatic heterocycles. The lowest BCUT2D eigenvalue weighted by Gasteiger charge is -2.13. The molecule has 1 saturated heterocycles. The minimum absolute atomic E-state index is 0.110. The molecule has 1 unspecified atom stereocenters. The van der Waals surface area contributed by atoms with Gasteiger partial charge in [-0.15, -0.1) is 0 Å². The fraction of sp³-hybridized carbons (Fsp3) is 0.750. The van der Waals surface area contributed by atoms with Crippen LogP contribution < -0.4 is 0 Å². The molecule has 0 aromatic carbocycles. The first-order valence-electron chi connectivity index (χ1n) is 4.52. The number of halogens is 3. The largest absolute Gasteiger partial charge is 0.481 e. The smallest absolute Gasteiger partial charge is 0.410 e. The topological polar surface area (TPSA) is 66.8 Å². The highest BCUT2D eigenvalue weighted by Gasteiger charge is 2.35. The molecule has 92 valence electrons. The van der Waals surface area contributed by atoms with Crippen molar-refractivity contribution in [3.63, 3.8) is 0 Å². The van der Waals surface area contributed by atoms with Crippen molar-refractivity contribution >= 4 is 12.1 Å². The molecule has 1 atom stereocenters. The van der Waals surface area contributed by atoms with Gasteiger partial charge in [-0.1, -0.05) is 0 Å². The standard InChI is InChI=1S/C8H10F3NO4/c9-8(10,11)1-2-12-4-5(3-6(13)14)16-7(12)15/h5H,1-4H2,(H,13,14). The number of rotatable bonds is 4. The van der Waals surface area contributed by atoms with E-state index in [0.29, 0.717) is 0 Å². The zero-order chi connectivity index (χ0) is 12.3. The highest BCUT2D eigenvalue weighted by atomic mass is 19.4. The van der Waals surface area contributed by atoms with Gasteiger partial charge in [-0.25, -0.2) is 4.79 Å². The molecule has 1 rings (SSSR count). The molecule has 0 saturated carbocycles. The van der Waals surface area contributed by atoms with Gasteiger partial charge in [0.15, 0.2) is 0 Å². The molecule has 1 aliphatic rings. The normalized spacial score (nSPS) is 21.1. The van der Waals surface area contributed by atoms with E-state index in [0.717, 1.165) is 4.90 Å². The Hall–Kier alpha value is -1.47. The lowest BCUT2D eigenvalue weighted by atomic mass is 10.2.